The first-order valence-corrected chi connectivity index (χ1v) is 38.1. The van der Waals surface area contributed by atoms with Gasteiger partial charge in [0.05, 0.1) is 25.4 Å². The van der Waals surface area contributed by atoms with Gasteiger partial charge < -0.3 is 20.3 Å². The Morgan fingerprint density at radius 3 is 0.916 bits per heavy atom. The van der Waals surface area contributed by atoms with Gasteiger partial charge in [-0.2, -0.15) is 0 Å². The topological polar surface area (TPSA) is 95.9 Å². The molecule has 0 radical (unpaired) electrons. The minimum absolute atomic E-state index is 0.0165. The molecule has 492 valence electrons. The van der Waals surface area contributed by atoms with Gasteiger partial charge >= 0.3 is 5.97 Å². The van der Waals surface area contributed by atoms with Crippen LogP contribution >= 0.6 is 0 Å². The van der Waals surface area contributed by atoms with Crippen LogP contribution in [0, 0.1) is 0 Å². The number of hydrogen-bond donors (Lipinski definition) is 3. The Morgan fingerprint density at radius 1 is 0.337 bits per heavy atom. The number of unbranched alkanes of at least 4 members (excludes halogenated alkanes) is 57. The molecule has 0 saturated carbocycles. The SMILES string of the molecule is CCCCCCCCCCCCCCCCCCCCCCC(O)C(CO)NC(=O)CCCCCCCCCCCCC/C=C\C/C=C\CCCCCCCCCCCOC(=O)CCCCCCCCCCCCCCCCCCCCC. The van der Waals surface area contributed by atoms with Gasteiger partial charge in [-0.1, -0.05) is 385 Å². The maximum Gasteiger partial charge on any atom is 0.305 e. The van der Waals surface area contributed by atoms with E-state index in [-0.39, 0.29) is 18.5 Å². The molecule has 0 aliphatic rings. The molecule has 1 amide bonds. The van der Waals surface area contributed by atoms with E-state index in [0.29, 0.717) is 25.9 Å². The Labute approximate surface area is 520 Å². The Kier molecular flexibility index (Phi) is 71.4. The van der Waals surface area contributed by atoms with E-state index in [4.69, 9.17) is 4.74 Å². The molecule has 2 unspecified atom stereocenters. The third-order valence-corrected chi connectivity index (χ3v) is 18.0. The molecule has 0 spiro atoms. The zero-order chi connectivity index (χ0) is 59.9. The van der Waals surface area contributed by atoms with Gasteiger partial charge in [0.1, 0.15) is 0 Å². The lowest BCUT2D eigenvalue weighted by Gasteiger charge is -2.22. The number of esters is 1. The zero-order valence-corrected chi connectivity index (χ0v) is 56.5. The summed E-state index contributed by atoms with van der Waals surface area (Å²) >= 11 is 0. The number of nitrogens with one attached hydrogen (secondary N) is 1. The quantitative estimate of drug-likeness (QED) is 0.0320. The summed E-state index contributed by atoms with van der Waals surface area (Å²) in [5, 5.41) is 23.4. The number of aliphatic hydroxyl groups is 2. The highest BCUT2D eigenvalue weighted by atomic mass is 16.5. The third-order valence-electron chi connectivity index (χ3n) is 18.0. The van der Waals surface area contributed by atoms with Crippen molar-refractivity contribution in [2.45, 2.75) is 443 Å². The van der Waals surface area contributed by atoms with E-state index in [0.717, 1.165) is 44.9 Å². The molecule has 0 heterocycles. The van der Waals surface area contributed by atoms with Crippen LogP contribution in [0.1, 0.15) is 431 Å². The first kappa shape index (κ1) is 81.3. The van der Waals surface area contributed by atoms with Crippen molar-refractivity contribution in [3.8, 4) is 0 Å². The number of ether oxygens (including phenoxy) is 1. The number of aliphatic hydroxyl groups excluding tert-OH is 2. The van der Waals surface area contributed by atoms with Crippen LogP contribution in [0.25, 0.3) is 0 Å². The Hall–Kier alpha value is -1.66. The fourth-order valence-electron chi connectivity index (χ4n) is 12.2. The molecular formula is C77H149NO5. The number of allylic oxidation sites excluding steroid dienone is 4. The van der Waals surface area contributed by atoms with Gasteiger partial charge in [0.2, 0.25) is 5.91 Å². The highest BCUT2D eigenvalue weighted by molar-refractivity contribution is 5.76. The van der Waals surface area contributed by atoms with E-state index in [1.807, 2.05) is 0 Å². The van der Waals surface area contributed by atoms with Crippen molar-refractivity contribution in [1.82, 2.24) is 5.32 Å². The predicted molar refractivity (Wildman–Crippen MR) is 366 cm³/mol. The number of amides is 1. The van der Waals surface area contributed by atoms with Crippen molar-refractivity contribution in [3.05, 3.63) is 24.3 Å². The minimum Gasteiger partial charge on any atom is -0.466 e. The van der Waals surface area contributed by atoms with Crippen LogP contribution in [-0.2, 0) is 14.3 Å². The molecule has 0 aromatic rings. The van der Waals surface area contributed by atoms with Crippen molar-refractivity contribution in [2.24, 2.45) is 0 Å². The highest BCUT2D eigenvalue weighted by Crippen LogP contribution is 2.20. The normalized spacial score (nSPS) is 12.6. The summed E-state index contributed by atoms with van der Waals surface area (Å²) in [6.07, 6.45) is 92.5. The lowest BCUT2D eigenvalue weighted by Crippen LogP contribution is -2.45. The van der Waals surface area contributed by atoms with Crippen LogP contribution in [0.4, 0.5) is 0 Å². The lowest BCUT2D eigenvalue weighted by atomic mass is 10.0. The van der Waals surface area contributed by atoms with Crippen LogP contribution < -0.4 is 5.32 Å². The second-order valence-electron chi connectivity index (χ2n) is 26.3. The second kappa shape index (κ2) is 72.8. The van der Waals surface area contributed by atoms with Crippen LogP contribution in [0.3, 0.4) is 0 Å². The van der Waals surface area contributed by atoms with E-state index >= 15 is 0 Å². The monoisotopic (exact) mass is 1170 g/mol. The van der Waals surface area contributed by atoms with Crippen molar-refractivity contribution < 1.29 is 24.5 Å². The molecule has 0 fully saturated rings. The molecule has 6 nitrogen and oxygen atoms in total. The molecule has 0 rings (SSSR count). The van der Waals surface area contributed by atoms with Crippen molar-refractivity contribution in [1.29, 1.82) is 0 Å². The second-order valence-corrected chi connectivity index (χ2v) is 26.3. The van der Waals surface area contributed by atoms with Gasteiger partial charge in [0.25, 0.3) is 0 Å². The maximum atomic E-state index is 12.5. The summed E-state index contributed by atoms with van der Waals surface area (Å²) in [7, 11) is 0. The minimum atomic E-state index is -0.667. The Morgan fingerprint density at radius 2 is 0.602 bits per heavy atom. The zero-order valence-electron chi connectivity index (χ0n) is 56.5. The largest absolute Gasteiger partial charge is 0.466 e. The number of hydrogen-bond acceptors (Lipinski definition) is 5. The van der Waals surface area contributed by atoms with E-state index in [2.05, 4.69) is 43.5 Å². The molecule has 83 heavy (non-hydrogen) atoms. The van der Waals surface area contributed by atoms with E-state index in [9.17, 15) is 19.8 Å². The number of rotatable bonds is 72. The van der Waals surface area contributed by atoms with Crippen molar-refractivity contribution in [3.63, 3.8) is 0 Å². The standard InChI is InChI=1S/C77H149NO5/c1-3-5-7-9-11-13-15-17-19-21-23-34-37-41-45-49-53-57-61-65-69-75(80)74(73-79)78-76(81)70-66-62-58-54-50-46-42-38-35-31-29-27-25-24-26-28-30-32-36-40-44-48-52-56-60-64-68-72-83-77(82)71-67-63-59-55-51-47-43-39-33-22-20-18-16-14-12-10-8-6-4-2/h24-25,28,30,74-75,79-80H,3-23,26-27,29,31-73H2,1-2H3,(H,78,81)/b25-24-,30-28-. The summed E-state index contributed by atoms with van der Waals surface area (Å²) < 4.78 is 5.51. The third kappa shape index (κ3) is 69.3. The molecular weight excluding hydrogens is 1020 g/mol. The molecule has 6 heteroatoms. The van der Waals surface area contributed by atoms with Gasteiger partial charge in [-0.05, 0) is 57.8 Å². The summed E-state index contributed by atoms with van der Waals surface area (Å²) in [4.78, 5) is 24.7. The first-order chi connectivity index (χ1) is 41.0. The van der Waals surface area contributed by atoms with Gasteiger partial charge in [-0.25, -0.2) is 0 Å². The van der Waals surface area contributed by atoms with Crippen LogP contribution in [0.2, 0.25) is 0 Å². The summed E-state index contributed by atoms with van der Waals surface area (Å²) in [6.45, 7) is 5.00. The summed E-state index contributed by atoms with van der Waals surface area (Å²) in [5.41, 5.74) is 0. The van der Waals surface area contributed by atoms with Crippen LogP contribution in [-0.4, -0.2) is 47.4 Å². The van der Waals surface area contributed by atoms with E-state index in [1.54, 1.807) is 0 Å². The predicted octanol–water partition coefficient (Wildman–Crippen LogP) is 24.9. The maximum absolute atomic E-state index is 12.5. The fraction of sp³-hybridized carbons (Fsp3) is 0.922. The molecule has 0 aromatic carbocycles. The number of carbonyl (C=O) groups excluding carboxylic acids is 2. The molecule has 0 saturated heterocycles. The Bertz CT molecular complexity index is 1300. The molecule has 0 aliphatic carbocycles. The van der Waals surface area contributed by atoms with Crippen molar-refractivity contribution >= 4 is 11.9 Å². The lowest BCUT2D eigenvalue weighted by molar-refractivity contribution is -0.143. The fourth-order valence-corrected chi connectivity index (χ4v) is 12.2. The Balaban J connectivity index is 3.39. The molecule has 0 aliphatic heterocycles. The molecule has 3 N–H and O–H groups in total. The molecule has 0 aromatic heterocycles. The summed E-state index contributed by atoms with van der Waals surface area (Å²) in [5.74, 6) is -0.0170. The van der Waals surface area contributed by atoms with E-state index in [1.165, 1.54) is 353 Å². The highest BCUT2D eigenvalue weighted by Gasteiger charge is 2.20. The first-order valence-electron chi connectivity index (χ1n) is 38.1. The average Bonchev–Trinajstić information content (AvgIpc) is 3.49. The van der Waals surface area contributed by atoms with Gasteiger partial charge in [-0.15, -0.1) is 0 Å². The van der Waals surface area contributed by atoms with Gasteiger partial charge in [0.15, 0.2) is 0 Å². The molecule has 2 atom stereocenters. The summed E-state index contributed by atoms with van der Waals surface area (Å²) in [6, 6.07) is -0.545. The van der Waals surface area contributed by atoms with Gasteiger partial charge in [0, 0.05) is 12.8 Å². The average molecular weight is 1170 g/mol. The van der Waals surface area contributed by atoms with Crippen LogP contribution in [0.5, 0.6) is 0 Å². The van der Waals surface area contributed by atoms with Crippen molar-refractivity contribution in [2.75, 3.05) is 13.2 Å². The molecule has 0 bridgehead atoms. The van der Waals surface area contributed by atoms with E-state index < -0.39 is 12.1 Å². The van der Waals surface area contributed by atoms with Gasteiger partial charge in [-0.3, -0.25) is 9.59 Å². The number of carbonyl (C=O) groups is 2. The van der Waals surface area contributed by atoms with Crippen LogP contribution in [0.15, 0.2) is 24.3 Å². The smallest absolute Gasteiger partial charge is 0.305 e.